The molecule has 0 aliphatic heterocycles. The van der Waals surface area contributed by atoms with E-state index in [1.807, 2.05) is 49.5 Å². The van der Waals surface area contributed by atoms with Crippen molar-refractivity contribution in [2.24, 2.45) is 0 Å². The van der Waals surface area contributed by atoms with Gasteiger partial charge in [0.15, 0.2) is 0 Å². The molecule has 0 spiro atoms. The topological polar surface area (TPSA) is 59.9 Å². The summed E-state index contributed by atoms with van der Waals surface area (Å²) < 4.78 is 5.51. The predicted octanol–water partition coefficient (Wildman–Crippen LogP) is 4.57. The highest BCUT2D eigenvalue weighted by Crippen LogP contribution is 2.29. The number of hydrogen-bond donors (Lipinski definition) is 1. The third kappa shape index (κ3) is 5.20. The molecule has 5 nitrogen and oxygen atoms in total. The van der Waals surface area contributed by atoms with Crippen molar-refractivity contribution >= 4 is 19.3 Å². The lowest BCUT2D eigenvalue weighted by Gasteiger charge is -2.19. The zero-order chi connectivity index (χ0) is 18.4. The summed E-state index contributed by atoms with van der Waals surface area (Å²) in [6.45, 7) is 4.93. The van der Waals surface area contributed by atoms with Gasteiger partial charge in [0, 0.05) is 36.0 Å². The van der Waals surface area contributed by atoms with Crippen LogP contribution in [0.2, 0.25) is 0 Å². The average Bonchev–Trinajstić information content (AvgIpc) is 2.69. The number of methoxy groups -OCH3 is 1. The second kappa shape index (κ2) is 9.92. The van der Waals surface area contributed by atoms with Crippen LogP contribution in [0.1, 0.15) is 30.5 Å². The van der Waals surface area contributed by atoms with Gasteiger partial charge < -0.3 is 10.1 Å². The van der Waals surface area contributed by atoms with Crippen LogP contribution >= 0.6 is 13.5 Å². The van der Waals surface area contributed by atoms with Gasteiger partial charge in [0.1, 0.15) is 17.9 Å². The molecule has 0 unspecified atom stereocenters. The van der Waals surface area contributed by atoms with E-state index in [0.29, 0.717) is 5.92 Å². The Morgan fingerprint density at radius 3 is 2.59 bits per heavy atom. The van der Waals surface area contributed by atoms with Gasteiger partial charge in [-0.2, -0.15) is 13.5 Å². The second-order valence-corrected chi connectivity index (χ2v) is 6.20. The zero-order valence-electron chi connectivity index (χ0n) is 15.9. The molecule has 142 valence electrons. The number of anilines is 1. The van der Waals surface area contributed by atoms with E-state index < -0.39 is 0 Å². The fourth-order valence-corrected chi connectivity index (χ4v) is 2.94. The Labute approximate surface area is 167 Å². The molecule has 0 amide bonds. The second-order valence-electron chi connectivity index (χ2n) is 6.20. The Kier molecular flexibility index (Phi) is 7.61. The number of aromatic nitrogens is 3. The minimum Gasteiger partial charge on any atom is -0.496 e. The normalized spacial score (nSPS) is 11.4. The first kappa shape index (κ1) is 20.7. The predicted molar refractivity (Wildman–Crippen MR) is 115 cm³/mol. The molecule has 27 heavy (non-hydrogen) atoms. The van der Waals surface area contributed by atoms with E-state index in [9.17, 15) is 0 Å². The maximum Gasteiger partial charge on any atom is 0.129 e. The summed E-state index contributed by atoms with van der Waals surface area (Å²) in [4.78, 5) is 13.0. The van der Waals surface area contributed by atoms with E-state index in [4.69, 9.17) is 4.74 Å². The molecule has 2 heterocycles. The Balaban J connectivity index is 0.00000261. The number of rotatable bonds is 7. The van der Waals surface area contributed by atoms with E-state index in [0.717, 1.165) is 41.5 Å². The van der Waals surface area contributed by atoms with Crippen LogP contribution in [0.5, 0.6) is 5.75 Å². The van der Waals surface area contributed by atoms with Crippen molar-refractivity contribution < 1.29 is 4.74 Å². The highest BCUT2D eigenvalue weighted by molar-refractivity contribution is 7.59. The molecule has 2 aromatic heterocycles. The van der Waals surface area contributed by atoms with Gasteiger partial charge in [0.2, 0.25) is 0 Å². The standard InChI is InChI=1S/C21H24N4O.H2S/c1-4-16(18-7-5-6-8-20(18)26-3)12-23-21-11-19(24-14-25-21)17-10-9-15(2)22-13-17;/h5-11,13-14,16H,4,12H2,1-3H3,(H,23,24,25);1H2/t16-;/m1./s1. The quantitative estimate of drug-likeness (QED) is 0.648. The Hall–Kier alpha value is -2.60. The molecule has 0 saturated carbocycles. The fraction of sp³-hybridized carbons (Fsp3) is 0.286. The molecule has 3 aromatic rings. The van der Waals surface area contributed by atoms with Gasteiger partial charge in [-0.05, 0) is 37.1 Å². The summed E-state index contributed by atoms with van der Waals surface area (Å²) in [6.07, 6.45) is 4.43. The van der Waals surface area contributed by atoms with Crippen LogP contribution < -0.4 is 10.1 Å². The van der Waals surface area contributed by atoms with Gasteiger partial charge in [-0.15, -0.1) is 0 Å². The number of nitrogens with one attached hydrogen (secondary N) is 1. The van der Waals surface area contributed by atoms with Crippen LogP contribution in [0.15, 0.2) is 55.0 Å². The van der Waals surface area contributed by atoms with Crippen molar-refractivity contribution in [2.45, 2.75) is 26.2 Å². The van der Waals surface area contributed by atoms with E-state index in [1.54, 1.807) is 13.4 Å². The number of ether oxygens (including phenoxy) is 1. The van der Waals surface area contributed by atoms with Crippen molar-refractivity contribution in [3.05, 3.63) is 66.2 Å². The largest absolute Gasteiger partial charge is 0.496 e. The highest BCUT2D eigenvalue weighted by Gasteiger charge is 2.14. The van der Waals surface area contributed by atoms with Crippen molar-refractivity contribution in [2.75, 3.05) is 19.0 Å². The lowest BCUT2D eigenvalue weighted by atomic mass is 9.95. The Morgan fingerprint density at radius 1 is 1.07 bits per heavy atom. The monoisotopic (exact) mass is 382 g/mol. The van der Waals surface area contributed by atoms with Crippen LogP contribution in [0.25, 0.3) is 11.3 Å². The van der Waals surface area contributed by atoms with Crippen molar-refractivity contribution in [3.8, 4) is 17.0 Å². The highest BCUT2D eigenvalue weighted by atomic mass is 32.1. The third-order valence-electron chi connectivity index (χ3n) is 4.48. The molecule has 0 aliphatic rings. The van der Waals surface area contributed by atoms with Gasteiger partial charge in [0.25, 0.3) is 0 Å². The number of hydrogen-bond acceptors (Lipinski definition) is 5. The molecular formula is C21H26N4OS. The SMILES string of the molecule is CC[C@H](CNc1cc(-c2ccc(C)nc2)ncn1)c1ccccc1OC.S. The van der Waals surface area contributed by atoms with Crippen LogP contribution in [-0.4, -0.2) is 28.6 Å². The first-order valence-electron chi connectivity index (χ1n) is 8.83. The maximum atomic E-state index is 5.51. The van der Waals surface area contributed by atoms with Gasteiger partial charge in [-0.1, -0.05) is 25.1 Å². The van der Waals surface area contributed by atoms with Crippen LogP contribution in [0.3, 0.4) is 0 Å². The zero-order valence-corrected chi connectivity index (χ0v) is 16.9. The van der Waals surface area contributed by atoms with Gasteiger partial charge in [0.05, 0.1) is 12.8 Å². The molecule has 0 saturated heterocycles. The van der Waals surface area contributed by atoms with E-state index in [-0.39, 0.29) is 13.5 Å². The average molecular weight is 383 g/mol. The number of para-hydroxylation sites is 1. The van der Waals surface area contributed by atoms with Gasteiger partial charge >= 0.3 is 0 Å². The van der Waals surface area contributed by atoms with Crippen molar-refractivity contribution in [1.29, 1.82) is 0 Å². The van der Waals surface area contributed by atoms with Crippen molar-refractivity contribution in [3.63, 3.8) is 0 Å². The molecule has 1 aromatic carbocycles. The minimum atomic E-state index is 0. The molecule has 0 aliphatic carbocycles. The van der Waals surface area contributed by atoms with Gasteiger partial charge in [-0.25, -0.2) is 9.97 Å². The summed E-state index contributed by atoms with van der Waals surface area (Å²) >= 11 is 0. The molecule has 1 N–H and O–H groups in total. The summed E-state index contributed by atoms with van der Waals surface area (Å²) in [7, 11) is 1.71. The van der Waals surface area contributed by atoms with Crippen LogP contribution in [0.4, 0.5) is 5.82 Å². The molecule has 3 rings (SSSR count). The van der Waals surface area contributed by atoms with Crippen LogP contribution in [-0.2, 0) is 0 Å². The number of aryl methyl sites for hydroxylation is 1. The van der Waals surface area contributed by atoms with E-state index in [2.05, 4.69) is 33.3 Å². The van der Waals surface area contributed by atoms with Crippen LogP contribution in [0, 0.1) is 6.92 Å². The maximum absolute atomic E-state index is 5.51. The molecular weight excluding hydrogens is 356 g/mol. The van der Waals surface area contributed by atoms with Crippen molar-refractivity contribution in [1.82, 2.24) is 15.0 Å². The molecule has 0 radical (unpaired) electrons. The summed E-state index contributed by atoms with van der Waals surface area (Å²) in [5.41, 5.74) is 4.05. The fourth-order valence-electron chi connectivity index (χ4n) is 2.94. The first-order chi connectivity index (χ1) is 12.7. The lowest BCUT2D eigenvalue weighted by molar-refractivity contribution is 0.405. The molecule has 0 fully saturated rings. The molecule has 6 heteroatoms. The summed E-state index contributed by atoms with van der Waals surface area (Å²) in [5.74, 6) is 2.07. The van der Waals surface area contributed by atoms with Gasteiger partial charge in [-0.3, -0.25) is 4.98 Å². The number of pyridine rings is 1. The number of benzene rings is 1. The lowest BCUT2D eigenvalue weighted by Crippen LogP contribution is -2.14. The van der Waals surface area contributed by atoms with E-state index >= 15 is 0 Å². The summed E-state index contributed by atoms with van der Waals surface area (Å²) in [5, 5.41) is 3.44. The Morgan fingerprint density at radius 2 is 1.89 bits per heavy atom. The number of nitrogens with zero attached hydrogens (tertiary/aromatic N) is 3. The summed E-state index contributed by atoms with van der Waals surface area (Å²) in [6, 6.07) is 14.1. The minimum absolute atomic E-state index is 0. The molecule has 0 bridgehead atoms. The van der Waals surface area contributed by atoms with E-state index in [1.165, 1.54) is 5.56 Å². The smallest absolute Gasteiger partial charge is 0.129 e. The molecule has 1 atom stereocenters. The first-order valence-corrected chi connectivity index (χ1v) is 8.83. The third-order valence-corrected chi connectivity index (χ3v) is 4.48. The Bertz CT molecular complexity index is 855.